The topological polar surface area (TPSA) is 93.1 Å². The minimum absolute atomic E-state index is 0.0159. The van der Waals surface area contributed by atoms with Gasteiger partial charge in [0.15, 0.2) is 0 Å². The summed E-state index contributed by atoms with van der Waals surface area (Å²) in [5.74, 6) is 1.54. The summed E-state index contributed by atoms with van der Waals surface area (Å²) < 4.78 is 11.6. The van der Waals surface area contributed by atoms with Crippen LogP contribution in [0.5, 0.6) is 5.75 Å². The molecule has 0 spiro atoms. The number of ether oxygens (including phenoxy) is 2. The second-order valence-electron chi connectivity index (χ2n) is 17.2. The van der Waals surface area contributed by atoms with Crippen LogP contribution in [0.1, 0.15) is 105 Å². The van der Waals surface area contributed by atoms with E-state index in [-0.39, 0.29) is 39.8 Å². The van der Waals surface area contributed by atoms with Gasteiger partial charge in [-0.05, 0) is 121 Å². The van der Waals surface area contributed by atoms with Gasteiger partial charge < -0.3 is 19.7 Å². The highest BCUT2D eigenvalue weighted by Crippen LogP contribution is 2.76. The number of aliphatic hydroxyl groups is 1. The molecule has 5 aliphatic carbocycles. The van der Waals surface area contributed by atoms with Gasteiger partial charge in [0.05, 0.1) is 18.6 Å². The van der Waals surface area contributed by atoms with Crippen LogP contribution >= 0.6 is 0 Å². The fourth-order valence-electron chi connectivity index (χ4n) is 12.3. The number of hydrogen-bond acceptors (Lipinski definition) is 6. The molecule has 1 aromatic rings. The third-order valence-electron chi connectivity index (χ3n) is 15.0. The zero-order valence-electron chi connectivity index (χ0n) is 29.3. The number of methoxy groups -OCH3 is 1. The van der Waals surface area contributed by atoms with Crippen LogP contribution in [0.2, 0.25) is 0 Å². The first-order valence-corrected chi connectivity index (χ1v) is 17.7. The van der Waals surface area contributed by atoms with Gasteiger partial charge in [0.25, 0.3) is 0 Å². The maximum Gasteiger partial charge on any atom is 0.331 e. The van der Waals surface area contributed by atoms with E-state index in [4.69, 9.17) is 9.47 Å². The van der Waals surface area contributed by atoms with Crippen molar-refractivity contribution in [2.24, 2.45) is 56.7 Å². The third-order valence-corrected chi connectivity index (χ3v) is 15.0. The van der Waals surface area contributed by atoms with Crippen molar-refractivity contribution in [3.8, 4) is 5.75 Å². The van der Waals surface area contributed by atoms with Crippen LogP contribution in [-0.4, -0.2) is 41.5 Å². The number of phenols is 1. The molecule has 0 radical (unpaired) electrons. The lowest BCUT2D eigenvalue weighted by Gasteiger charge is -2.71. The number of aromatic hydroxyl groups is 1. The molecule has 6 heteroatoms. The molecule has 2 N–H and O–H groups in total. The minimum Gasteiger partial charge on any atom is -0.508 e. The largest absolute Gasteiger partial charge is 0.508 e. The molecule has 0 saturated heterocycles. The van der Waals surface area contributed by atoms with E-state index in [0.717, 1.165) is 50.5 Å². The van der Waals surface area contributed by atoms with Crippen molar-refractivity contribution >= 4 is 18.0 Å². The van der Waals surface area contributed by atoms with Crippen molar-refractivity contribution < 1.29 is 29.3 Å². The zero-order chi connectivity index (χ0) is 33.4. The number of hydrogen-bond donors (Lipinski definition) is 2. The lowest BCUT2D eigenvalue weighted by molar-refractivity contribution is -0.238. The van der Waals surface area contributed by atoms with Gasteiger partial charge in [0.1, 0.15) is 11.9 Å². The Kier molecular flexibility index (Phi) is 8.14. The molecule has 0 amide bonds. The molecule has 6 rings (SSSR count). The molecule has 6 nitrogen and oxygen atoms in total. The lowest BCUT2D eigenvalue weighted by Crippen LogP contribution is -2.67. The van der Waals surface area contributed by atoms with Crippen molar-refractivity contribution in [1.82, 2.24) is 0 Å². The molecule has 0 heterocycles. The van der Waals surface area contributed by atoms with Crippen molar-refractivity contribution in [3.05, 3.63) is 47.6 Å². The van der Waals surface area contributed by atoms with E-state index in [9.17, 15) is 19.8 Å². The van der Waals surface area contributed by atoms with E-state index in [1.165, 1.54) is 11.6 Å². The van der Waals surface area contributed by atoms with Crippen LogP contribution in [0, 0.1) is 56.7 Å². The van der Waals surface area contributed by atoms with Gasteiger partial charge in [-0.15, -0.1) is 0 Å². The summed E-state index contributed by atoms with van der Waals surface area (Å²) in [6.07, 6.45) is 11.8. The predicted molar refractivity (Wildman–Crippen MR) is 179 cm³/mol. The third kappa shape index (κ3) is 4.66. The molecular formula is C40H56O6. The first-order valence-electron chi connectivity index (χ1n) is 17.7. The number of esters is 2. The van der Waals surface area contributed by atoms with Gasteiger partial charge in [-0.1, -0.05) is 72.2 Å². The molecule has 11 atom stereocenters. The Morgan fingerprint density at radius 3 is 2.30 bits per heavy atom. The number of benzene rings is 1. The number of aliphatic hydroxyl groups excluding tert-OH is 1. The lowest BCUT2D eigenvalue weighted by atomic mass is 9.33. The van der Waals surface area contributed by atoms with E-state index in [2.05, 4.69) is 54.5 Å². The van der Waals surface area contributed by atoms with Crippen molar-refractivity contribution in [1.29, 1.82) is 0 Å². The van der Waals surface area contributed by atoms with Crippen molar-refractivity contribution in [2.45, 2.75) is 112 Å². The van der Waals surface area contributed by atoms with Gasteiger partial charge in [0, 0.05) is 11.5 Å². The highest BCUT2D eigenvalue weighted by molar-refractivity contribution is 5.87. The smallest absolute Gasteiger partial charge is 0.331 e. The molecular weight excluding hydrogens is 576 g/mol. The first-order chi connectivity index (χ1) is 21.5. The number of rotatable bonds is 4. The first kappa shape index (κ1) is 33.3. The second kappa shape index (κ2) is 11.2. The van der Waals surface area contributed by atoms with Crippen LogP contribution in [0.4, 0.5) is 0 Å². The Morgan fingerprint density at radius 1 is 0.935 bits per heavy atom. The molecule has 252 valence electrons. The standard InChI is InChI=1S/C40H56O6/c1-24-17-20-40(35(44)45-8)22-21-38(6)28(33(40)25(24)2)14-15-31-37(5)23-29(42)34(36(3,4)30(37)18-19-39(31,38)7)46-32(43)16-11-26-9-12-27(41)13-10-26/h9-14,16,24-25,29-31,33-34,41-42H,15,17-23H2,1-8H3/b16-11+/t24-,25-,29-,30-,31+,33-,34+,37+,38-,39-,40-/m1/s1. The highest BCUT2D eigenvalue weighted by Gasteiger charge is 2.70. The average molecular weight is 633 g/mol. The van der Waals surface area contributed by atoms with Crippen LogP contribution in [0.3, 0.4) is 0 Å². The molecule has 4 saturated carbocycles. The Labute approximate surface area is 276 Å². The summed E-state index contributed by atoms with van der Waals surface area (Å²) in [6.45, 7) is 16.5. The molecule has 0 unspecified atom stereocenters. The molecule has 46 heavy (non-hydrogen) atoms. The molecule has 1 aromatic carbocycles. The normalized spacial score (nSPS) is 44.5. The Morgan fingerprint density at radius 2 is 1.63 bits per heavy atom. The van der Waals surface area contributed by atoms with E-state index in [1.807, 2.05) is 0 Å². The summed E-state index contributed by atoms with van der Waals surface area (Å²) in [4.78, 5) is 26.6. The number of fused-ring (bicyclic) bond motifs is 7. The fraction of sp³-hybridized carbons (Fsp3) is 0.700. The molecule has 0 aromatic heterocycles. The van der Waals surface area contributed by atoms with E-state index in [1.54, 1.807) is 37.5 Å². The SMILES string of the molecule is COC(=O)[C@@]12CC[C@@H](C)[C@@H](C)[C@@H]1C1=CC[C@H]3[C@@]4(C)C[C@@H](O)[C@H](OC(=O)/C=C/c5ccc(O)cc5)C(C)(C)[C@H]4CC[C@@]3(C)[C@]1(C)CC2. The summed E-state index contributed by atoms with van der Waals surface area (Å²) in [6, 6.07) is 6.65. The van der Waals surface area contributed by atoms with Gasteiger partial charge in [-0.25, -0.2) is 4.79 Å². The fourth-order valence-corrected chi connectivity index (χ4v) is 12.3. The Balaban J connectivity index is 1.30. The summed E-state index contributed by atoms with van der Waals surface area (Å²) in [7, 11) is 1.56. The minimum atomic E-state index is -0.764. The number of allylic oxidation sites excluding steroid dienone is 2. The monoisotopic (exact) mass is 632 g/mol. The van der Waals surface area contributed by atoms with Gasteiger partial charge in [-0.3, -0.25) is 4.79 Å². The summed E-state index contributed by atoms with van der Waals surface area (Å²) >= 11 is 0. The highest BCUT2D eigenvalue weighted by atomic mass is 16.6. The molecule has 0 aliphatic heterocycles. The van der Waals surface area contributed by atoms with Gasteiger partial charge in [-0.2, -0.15) is 0 Å². The zero-order valence-corrected chi connectivity index (χ0v) is 29.3. The Bertz CT molecular complexity index is 1430. The second-order valence-corrected chi connectivity index (χ2v) is 17.2. The maximum absolute atomic E-state index is 13.6. The van der Waals surface area contributed by atoms with Crippen molar-refractivity contribution in [3.63, 3.8) is 0 Å². The van der Waals surface area contributed by atoms with E-state index >= 15 is 0 Å². The Hall–Kier alpha value is -2.60. The number of carbonyl (C=O) groups excluding carboxylic acids is 2. The number of carbonyl (C=O) groups is 2. The van der Waals surface area contributed by atoms with Gasteiger partial charge in [0.2, 0.25) is 0 Å². The number of phenolic OH excluding ortho intramolecular Hbond substituents is 1. The van der Waals surface area contributed by atoms with Crippen LogP contribution in [0.25, 0.3) is 6.08 Å². The molecule has 0 bridgehead atoms. The quantitative estimate of drug-likeness (QED) is 0.198. The predicted octanol–water partition coefficient (Wildman–Crippen LogP) is 8.12. The average Bonchev–Trinajstić information content (AvgIpc) is 3.00. The maximum atomic E-state index is 13.6. The van der Waals surface area contributed by atoms with E-state index < -0.39 is 29.0 Å². The van der Waals surface area contributed by atoms with Crippen LogP contribution < -0.4 is 0 Å². The summed E-state index contributed by atoms with van der Waals surface area (Å²) in [5.41, 5.74) is 1.32. The van der Waals surface area contributed by atoms with Crippen LogP contribution in [-0.2, 0) is 19.1 Å². The molecule has 4 fully saturated rings. The summed E-state index contributed by atoms with van der Waals surface area (Å²) in [5, 5.41) is 21.3. The van der Waals surface area contributed by atoms with E-state index in [0.29, 0.717) is 24.2 Å². The molecule has 5 aliphatic rings. The van der Waals surface area contributed by atoms with Crippen LogP contribution in [0.15, 0.2) is 42.0 Å². The van der Waals surface area contributed by atoms with Gasteiger partial charge >= 0.3 is 11.9 Å². The van der Waals surface area contributed by atoms with Crippen molar-refractivity contribution in [2.75, 3.05) is 7.11 Å².